The molecule has 1 aliphatic heterocycles. The third-order valence-corrected chi connectivity index (χ3v) is 5.43. The molecule has 2 N–H and O–H groups in total. The zero-order chi connectivity index (χ0) is 17.8. The molecule has 0 saturated carbocycles. The number of para-hydroxylation sites is 3. The van der Waals surface area contributed by atoms with E-state index in [-0.39, 0.29) is 12.3 Å². The maximum atomic E-state index is 12.6. The van der Waals surface area contributed by atoms with Gasteiger partial charge in [-0.25, -0.2) is 0 Å². The fourth-order valence-corrected chi connectivity index (χ4v) is 4.01. The molecule has 3 rings (SSSR count). The van der Waals surface area contributed by atoms with E-state index in [2.05, 4.69) is 10.6 Å². The van der Waals surface area contributed by atoms with Crippen molar-refractivity contribution in [3.8, 4) is 5.75 Å². The maximum Gasteiger partial charge on any atom is 0.241 e. The van der Waals surface area contributed by atoms with Gasteiger partial charge in [0.15, 0.2) is 0 Å². The Morgan fingerprint density at radius 2 is 1.92 bits per heavy atom. The molecule has 6 nitrogen and oxygen atoms in total. The first-order valence-corrected chi connectivity index (χ1v) is 9.13. The van der Waals surface area contributed by atoms with Crippen molar-refractivity contribution in [2.75, 3.05) is 17.2 Å². The van der Waals surface area contributed by atoms with Crippen LogP contribution in [0, 0.1) is 0 Å². The first-order chi connectivity index (χ1) is 12.1. The van der Waals surface area contributed by atoms with Crippen LogP contribution in [0.1, 0.15) is 13.3 Å². The highest BCUT2D eigenvalue weighted by molar-refractivity contribution is 7.86. The van der Waals surface area contributed by atoms with Crippen molar-refractivity contribution in [2.24, 2.45) is 0 Å². The van der Waals surface area contributed by atoms with Crippen LogP contribution in [-0.2, 0) is 20.4 Å². The molecule has 7 heteroatoms. The van der Waals surface area contributed by atoms with Gasteiger partial charge in [0.1, 0.15) is 11.0 Å². The van der Waals surface area contributed by atoms with Gasteiger partial charge in [-0.3, -0.25) is 13.8 Å². The van der Waals surface area contributed by atoms with Gasteiger partial charge in [-0.05, 0) is 31.2 Å². The molecule has 0 unspecified atom stereocenters. The number of rotatable bonds is 5. The summed E-state index contributed by atoms with van der Waals surface area (Å²) in [5, 5.41) is 4.51. The Bertz CT molecular complexity index is 837. The lowest BCUT2D eigenvalue weighted by atomic mass is 10.2. The normalized spacial score (nSPS) is 18.8. The number of benzene rings is 2. The number of amides is 2. The number of anilines is 2. The van der Waals surface area contributed by atoms with Crippen molar-refractivity contribution in [3.63, 3.8) is 0 Å². The maximum absolute atomic E-state index is 12.6. The molecule has 2 aromatic rings. The number of hydrogen-bond donors (Lipinski definition) is 2. The minimum absolute atomic E-state index is 0.173. The molecule has 0 saturated heterocycles. The van der Waals surface area contributed by atoms with Crippen LogP contribution in [0.5, 0.6) is 5.75 Å². The topological polar surface area (TPSA) is 84.5 Å². The predicted molar refractivity (Wildman–Crippen MR) is 96.1 cm³/mol. The molecular formula is C18H18N2O4S. The lowest BCUT2D eigenvalue weighted by Gasteiger charge is -2.23. The molecule has 0 aromatic heterocycles. The van der Waals surface area contributed by atoms with Crippen LogP contribution in [-0.4, -0.2) is 27.9 Å². The minimum atomic E-state index is -1.57. The standard InChI is InChI=1S/C18H18N2O4S/c1-2-24-14-9-5-3-7-12(14)19-17(21)11-16-18(22)20-13-8-4-6-10-15(13)25(16)23/h3-10,16H,2,11H2,1H3,(H,19,21)(H,20,22)/t16-,25+/m1/s1. The van der Waals surface area contributed by atoms with Crippen LogP contribution in [0.25, 0.3) is 0 Å². The zero-order valence-electron chi connectivity index (χ0n) is 13.7. The summed E-state index contributed by atoms with van der Waals surface area (Å²) in [5.74, 6) is -0.247. The third-order valence-electron chi connectivity index (χ3n) is 3.74. The van der Waals surface area contributed by atoms with E-state index >= 15 is 0 Å². The molecule has 2 amide bonds. The number of hydrogen-bond acceptors (Lipinski definition) is 4. The fourth-order valence-electron chi connectivity index (χ4n) is 2.60. The first kappa shape index (κ1) is 17.2. The average molecular weight is 358 g/mol. The van der Waals surface area contributed by atoms with Gasteiger partial charge < -0.3 is 15.4 Å². The molecule has 0 spiro atoms. The van der Waals surface area contributed by atoms with E-state index in [0.29, 0.717) is 28.6 Å². The zero-order valence-corrected chi connectivity index (χ0v) is 14.5. The Morgan fingerprint density at radius 1 is 1.20 bits per heavy atom. The number of nitrogens with one attached hydrogen (secondary N) is 2. The van der Waals surface area contributed by atoms with Gasteiger partial charge in [0.2, 0.25) is 11.8 Å². The monoisotopic (exact) mass is 358 g/mol. The van der Waals surface area contributed by atoms with Crippen LogP contribution in [0.2, 0.25) is 0 Å². The van der Waals surface area contributed by atoms with Gasteiger partial charge in [0.25, 0.3) is 0 Å². The Morgan fingerprint density at radius 3 is 2.72 bits per heavy atom. The van der Waals surface area contributed by atoms with Gasteiger partial charge >= 0.3 is 0 Å². The molecule has 0 fully saturated rings. The third kappa shape index (κ3) is 3.71. The summed E-state index contributed by atoms with van der Waals surface area (Å²) in [5.41, 5.74) is 1.06. The minimum Gasteiger partial charge on any atom is -0.492 e. The number of ether oxygens (including phenoxy) is 1. The van der Waals surface area contributed by atoms with Crippen molar-refractivity contribution in [1.29, 1.82) is 0 Å². The van der Waals surface area contributed by atoms with Gasteiger partial charge in [-0.2, -0.15) is 0 Å². The summed E-state index contributed by atoms with van der Waals surface area (Å²) in [6, 6.07) is 14.0. The molecule has 130 valence electrons. The van der Waals surface area contributed by atoms with E-state index in [9.17, 15) is 13.8 Å². The second-order valence-electron chi connectivity index (χ2n) is 5.45. The highest BCUT2D eigenvalue weighted by Crippen LogP contribution is 2.29. The molecule has 25 heavy (non-hydrogen) atoms. The quantitative estimate of drug-likeness (QED) is 0.860. The Hall–Kier alpha value is -2.67. The molecule has 1 heterocycles. The van der Waals surface area contributed by atoms with Gasteiger partial charge in [0.05, 0.1) is 40.1 Å². The molecule has 0 radical (unpaired) electrons. The van der Waals surface area contributed by atoms with E-state index in [4.69, 9.17) is 4.74 Å². The van der Waals surface area contributed by atoms with E-state index in [1.807, 2.05) is 6.92 Å². The highest BCUT2D eigenvalue weighted by atomic mass is 32.2. The lowest BCUT2D eigenvalue weighted by molar-refractivity contribution is -0.120. The van der Waals surface area contributed by atoms with Crippen LogP contribution in [0.15, 0.2) is 53.4 Å². The van der Waals surface area contributed by atoms with Gasteiger partial charge in [-0.15, -0.1) is 0 Å². The largest absolute Gasteiger partial charge is 0.492 e. The fraction of sp³-hybridized carbons (Fsp3) is 0.222. The summed E-state index contributed by atoms with van der Waals surface area (Å²) in [6.07, 6.45) is -0.173. The number of fused-ring (bicyclic) bond motifs is 1. The van der Waals surface area contributed by atoms with Crippen molar-refractivity contribution < 1.29 is 18.5 Å². The highest BCUT2D eigenvalue weighted by Gasteiger charge is 2.34. The van der Waals surface area contributed by atoms with Crippen LogP contribution >= 0.6 is 0 Å². The van der Waals surface area contributed by atoms with Gasteiger partial charge in [0, 0.05) is 0 Å². The van der Waals surface area contributed by atoms with Crippen molar-refractivity contribution in [1.82, 2.24) is 0 Å². The van der Waals surface area contributed by atoms with Crippen LogP contribution < -0.4 is 15.4 Å². The molecule has 1 aliphatic rings. The predicted octanol–water partition coefficient (Wildman–Crippen LogP) is 2.54. The average Bonchev–Trinajstić information content (AvgIpc) is 2.60. The number of carbonyl (C=O) groups excluding carboxylic acids is 2. The van der Waals surface area contributed by atoms with Crippen LogP contribution in [0.4, 0.5) is 11.4 Å². The van der Waals surface area contributed by atoms with Crippen LogP contribution in [0.3, 0.4) is 0 Å². The summed E-state index contributed by atoms with van der Waals surface area (Å²) in [4.78, 5) is 25.1. The molecular weight excluding hydrogens is 340 g/mol. The Kier molecular flexibility index (Phi) is 5.14. The molecule has 0 bridgehead atoms. The van der Waals surface area contributed by atoms with E-state index in [0.717, 1.165) is 0 Å². The Balaban J connectivity index is 1.73. The molecule has 2 aromatic carbocycles. The van der Waals surface area contributed by atoms with Crippen molar-refractivity contribution in [2.45, 2.75) is 23.5 Å². The van der Waals surface area contributed by atoms with E-state index < -0.39 is 22.0 Å². The summed E-state index contributed by atoms with van der Waals surface area (Å²) >= 11 is 0. The second kappa shape index (κ2) is 7.48. The first-order valence-electron chi connectivity index (χ1n) is 7.92. The number of carbonyl (C=O) groups is 2. The summed E-state index contributed by atoms with van der Waals surface area (Å²) in [6.45, 7) is 2.32. The molecule has 2 atom stereocenters. The SMILES string of the molecule is CCOc1ccccc1NC(=O)C[C@@H]1C(=O)Nc2ccccc2[S@@]1=O. The smallest absolute Gasteiger partial charge is 0.241 e. The molecule has 0 aliphatic carbocycles. The van der Waals surface area contributed by atoms with Crippen molar-refractivity contribution >= 4 is 34.0 Å². The lowest BCUT2D eigenvalue weighted by Crippen LogP contribution is -2.39. The Labute approximate surface area is 148 Å². The van der Waals surface area contributed by atoms with Gasteiger partial charge in [-0.1, -0.05) is 24.3 Å². The second-order valence-corrected chi connectivity index (χ2v) is 7.06. The van der Waals surface area contributed by atoms with E-state index in [1.54, 1.807) is 48.5 Å². The van der Waals surface area contributed by atoms with E-state index in [1.165, 1.54) is 0 Å². The van der Waals surface area contributed by atoms with Crippen molar-refractivity contribution in [3.05, 3.63) is 48.5 Å². The summed E-state index contributed by atoms with van der Waals surface area (Å²) in [7, 11) is -1.57. The summed E-state index contributed by atoms with van der Waals surface area (Å²) < 4.78 is 18.1.